The molecular weight excluding hydrogens is 224 g/mol. The topological polar surface area (TPSA) is 26.3 Å². The van der Waals surface area contributed by atoms with Crippen molar-refractivity contribution in [2.45, 2.75) is 38.9 Å². The van der Waals surface area contributed by atoms with E-state index in [-0.39, 0.29) is 5.04 Å². The second-order valence-electron chi connectivity index (χ2n) is 5.17. The van der Waals surface area contributed by atoms with Crippen LogP contribution in [0.3, 0.4) is 0 Å². The Labute approximate surface area is 96.4 Å². The fraction of sp³-hybridized carbons (Fsp3) is 0.545. The van der Waals surface area contributed by atoms with Crippen LogP contribution in [0, 0.1) is 0 Å². The molecule has 1 rings (SSSR count). The molecule has 0 saturated heterocycles. The number of rotatable bonds is 3. The molecular formula is C11H18O2SSi. The van der Waals surface area contributed by atoms with Gasteiger partial charge < -0.3 is 4.43 Å². The lowest BCUT2D eigenvalue weighted by Crippen LogP contribution is -2.43. The van der Waals surface area contributed by atoms with E-state index in [0.717, 1.165) is 12.0 Å². The van der Waals surface area contributed by atoms with Gasteiger partial charge in [-0.25, -0.2) is 0 Å². The maximum absolute atomic E-state index is 10.8. The molecule has 1 heterocycles. The van der Waals surface area contributed by atoms with Crippen LogP contribution in [0.5, 0.6) is 5.75 Å². The van der Waals surface area contributed by atoms with Gasteiger partial charge >= 0.3 is 0 Å². The normalized spacial score (nSPS) is 12.6. The Morgan fingerprint density at radius 2 is 1.93 bits per heavy atom. The van der Waals surface area contributed by atoms with Gasteiger partial charge in [0.25, 0.3) is 8.32 Å². The summed E-state index contributed by atoms with van der Waals surface area (Å²) in [5.41, 5.74) is 0.671. The van der Waals surface area contributed by atoms with Gasteiger partial charge in [0.2, 0.25) is 0 Å². The summed E-state index contributed by atoms with van der Waals surface area (Å²) >= 11 is 1.51. The largest absolute Gasteiger partial charge is 0.542 e. The number of hydrogen-bond acceptors (Lipinski definition) is 3. The molecule has 0 saturated carbocycles. The molecule has 0 aliphatic rings. The molecule has 0 amide bonds. The molecule has 0 aromatic carbocycles. The standard InChI is InChI=1S/C11H18O2SSi/c1-11(2,3)15(4,5)13-10-8-14-7-9(10)6-12/h6-8H,1-5H3. The third-order valence-electron chi connectivity index (χ3n) is 2.95. The fourth-order valence-electron chi connectivity index (χ4n) is 0.892. The number of hydrogen-bond donors (Lipinski definition) is 0. The van der Waals surface area contributed by atoms with E-state index in [1.807, 2.05) is 10.8 Å². The molecule has 0 bridgehead atoms. The highest BCUT2D eigenvalue weighted by molar-refractivity contribution is 7.08. The number of aldehydes is 1. The Morgan fingerprint density at radius 1 is 1.33 bits per heavy atom. The van der Waals surface area contributed by atoms with Gasteiger partial charge in [-0.1, -0.05) is 20.8 Å². The van der Waals surface area contributed by atoms with Crippen molar-refractivity contribution in [1.29, 1.82) is 0 Å². The molecule has 1 aromatic rings. The van der Waals surface area contributed by atoms with E-state index in [9.17, 15) is 4.79 Å². The van der Waals surface area contributed by atoms with Gasteiger partial charge in [-0.15, -0.1) is 11.3 Å². The predicted octanol–water partition coefficient (Wildman–Crippen LogP) is 3.94. The van der Waals surface area contributed by atoms with Crippen LogP contribution >= 0.6 is 11.3 Å². The van der Waals surface area contributed by atoms with Crippen LogP contribution < -0.4 is 4.43 Å². The van der Waals surface area contributed by atoms with Gasteiger partial charge in [-0.3, -0.25) is 4.79 Å². The molecule has 0 radical (unpaired) electrons. The highest BCUT2D eigenvalue weighted by atomic mass is 32.1. The van der Waals surface area contributed by atoms with E-state index < -0.39 is 8.32 Å². The third kappa shape index (κ3) is 2.69. The van der Waals surface area contributed by atoms with E-state index >= 15 is 0 Å². The maximum Gasteiger partial charge on any atom is 0.250 e. The van der Waals surface area contributed by atoms with Gasteiger partial charge in [-0.05, 0) is 18.1 Å². The second kappa shape index (κ2) is 4.10. The van der Waals surface area contributed by atoms with Crippen molar-refractivity contribution in [2.24, 2.45) is 0 Å². The van der Waals surface area contributed by atoms with Crippen molar-refractivity contribution in [3.8, 4) is 5.75 Å². The van der Waals surface area contributed by atoms with Crippen molar-refractivity contribution in [2.75, 3.05) is 0 Å². The molecule has 84 valence electrons. The van der Waals surface area contributed by atoms with Crippen molar-refractivity contribution in [3.63, 3.8) is 0 Å². The van der Waals surface area contributed by atoms with Crippen LogP contribution in [0.2, 0.25) is 18.1 Å². The fourth-order valence-corrected chi connectivity index (χ4v) is 2.70. The van der Waals surface area contributed by atoms with E-state index in [1.54, 1.807) is 0 Å². The molecule has 4 heteroatoms. The van der Waals surface area contributed by atoms with Gasteiger partial charge in [-0.2, -0.15) is 0 Å². The molecule has 0 fully saturated rings. The van der Waals surface area contributed by atoms with E-state index in [4.69, 9.17) is 4.43 Å². The van der Waals surface area contributed by atoms with E-state index in [2.05, 4.69) is 33.9 Å². The molecule has 0 aliphatic heterocycles. The minimum atomic E-state index is -1.81. The highest BCUT2D eigenvalue weighted by Crippen LogP contribution is 2.38. The molecule has 0 aliphatic carbocycles. The Bertz CT molecular complexity index is 350. The minimum Gasteiger partial charge on any atom is -0.542 e. The average molecular weight is 242 g/mol. The summed E-state index contributed by atoms with van der Waals surface area (Å²) in [4.78, 5) is 10.8. The van der Waals surface area contributed by atoms with Gasteiger partial charge in [0, 0.05) is 10.8 Å². The molecule has 15 heavy (non-hydrogen) atoms. The Hall–Kier alpha value is -0.613. The highest BCUT2D eigenvalue weighted by Gasteiger charge is 2.39. The molecule has 1 aromatic heterocycles. The van der Waals surface area contributed by atoms with Gasteiger partial charge in [0.05, 0.1) is 5.56 Å². The number of carbonyl (C=O) groups excluding carboxylic acids is 1. The lowest BCUT2D eigenvalue weighted by Gasteiger charge is -2.36. The van der Waals surface area contributed by atoms with Crippen molar-refractivity contribution < 1.29 is 9.22 Å². The van der Waals surface area contributed by atoms with Crippen molar-refractivity contribution >= 4 is 25.9 Å². The molecule has 0 unspecified atom stereocenters. The quantitative estimate of drug-likeness (QED) is 0.592. The Kier molecular flexibility index (Phi) is 3.40. The van der Waals surface area contributed by atoms with E-state index in [0.29, 0.717) is 5.56 Å². The smallest absolute Gasteiger partial charge is 0.250 e. The van der Waals surface area contributed by atoms with Crippen molar-refractivity contribution in [3.05, 3.63) is 16.3 Å². The zero-order valence-electron chi connectivity index (χ0n) is 9.96. The average Bonchev–Trinajstić information content (AvgIpc) is 2.48. The Balaban J connectivity index is 2.91. The molecule has 0 atom stereocenters. The van der Waals surface area contributed by atoms with Crippen molar-refractivity contribution in [1.82, 2.24) is 0 Å². The van der Waals surface area contributed by atoms with Crippen LogP contribution in [0.1, 0.15) is 31.1 Å². The third-order valence-corrected chi connectivity index (χ3v) is 8.04. The first-order chi connectivity index (χ1) is 6.78. The molecule has 0 N–H and O–H groups in total. The first-order valence-electron chi connectivity index (χ1n) is 4.98. The summed E-state index contributed by atoms with van der Waals surface area (Å²) < 4.78 is 6.05. The summed E-state index contributed by atoms with van der Waals surface area (Å²) in [6.45, 7) is 10.9. The van der Waals surface area contributed by atoms with Crippen LogP contribution in [0.4, 0.5) is 0 Å². The minimum absolute atomic E-state index is 0.162. The zero-order valence-corrected chi connectivity index (χ0v) is 11.8. The second-order valence-corrected chi connectivity index (χ2v) is 10.6. The van der Waals surface area contributed by atoms with Gasteiger partial charge in [0.1, 0.15) is 5.75 Å². The molecule has 0 spiro atoms. The van der Waals surface area contributed by atoms with Crippen LogP contribution in [-0.4, -0.2) is 14.6 Å². The summed E-state index contributed by atoms with van der Waals surface area (Å²) in [5, 5.41) is 3.90. The summed E-state index contributed by atoms with van der Waals surface area (Å²) in [5.74, 6) is 0.751. The van der Waals surface area contributed by atoms with Crippen LogP contribution in [0.15, 0.2) is 10.8 Å². The van der Waals surface area contributed by atoms with Gasteiger partial charge in [0.15, 0.2) is 6.29 Å². The first kappa shape index (κ1) is 12.5. The predicted molar refractivity (Wildman–Crippen MR) is 67.5 cm³/mol. The Morgan fingerprint density at radius 3 is 2.40 bits per heavy atom. The first-order valence-corrected chi connectivity index (χ1v) is 8.83. The SMILES string of the molecule is CC(C)(C)[Si](C)(C)Oc1cscc1C=O. The summed E-state index contributed by atoms with van der Waals surface area (Å²) in [7, 11) is -1.81. The lowest BCUT2D eigenvalue weighted by molar-refractivity contribution is 0.112. The molecule has 2 nitrogen and oxygen atoms in total. The number of carbonyl (C=O) groups is 1. The zero-order chi connectivity index (χ0) is 11.7. The lowest BCUT2D eigenvalue weighted by atomic mass is 10.2. The summed E-state index contributed by atoms with van der Waals surface area (Å²) in [6.07, 6.45) is 0.860. The summed E-state index contributed by atoms with van der Waals surface area (Å²) in [6, 6.07) is 0. The monoisotopic (exact) mass is 242 g/mol. The van der Waals surface area contributed by atoms with E-state index in [1.165, 1.54) is 11.3 Å². The van der Waals surface area contributed by atoms with Crippen LogP contribution in [-0.2, 0) is 0 Å². The van der Waals surface area contributed by atoms with Crippen LogP contribution in [0.25, 0.3) is 0 Å². The maximum atomic E-state index is 10.8. The number of thiophene rings is 1.